The summed E-state index contributed by atoms with van der Waals surface area (Å²) in [4.78, 5) is 16.9. The molecule has 3 aromatic carbocycles. The van der Waals surface area contributed by atoms with E-state index < -0.39 is 5.92 Å². The van der Waals surface area contributed by atoms with Crippen molar-refractivity contribution in [3.05, 3.63) is 113 Å². The van der Waals surface area contributed by atoms with Crippen LogP contribution in [0.1, 0.15) is 30.0 Å². The van der Waals surface area contributed by atoms with Gasteiger partial charge in [0.2, 0.25) is 0 Å². The van der Waals surface area contributed by atoms with Gasteiger partial charge in [-0.25, -0.2) is 8.78 Å². The van der Waals surface area contributed by atoms with Crippen LogP contribution >= 0.6 is 11.6 Å². The minimum atomic E-state index is -2.84. The highest BCUT2D eigenvalue weighted by Gasteiger charge is 2.28. The molecule has 1 heterocycles. The predicted octanol–water partition coefficient (Wildman–Crippen LogP) is 7.93. The second-order valence-electron chi connectivity index (χ2n) is 8.27. The Balaban J connectivity index is 1.45. The van der Waals surface area contributed by atoms with Gasteiger partial charge in [-0.15, -0.1) is 0 Å². The molecule has 34 heavy (non-hydrogen) atoms. The Kier molecular flexibility index (Phi) is 7.18. The maximum Gasteiger partial charge on any atom is 0.273 e. The normalized spacial score (nSPS) is 11.4. The lowest BCUT2D eigenvalue weighted by atomic mass is 9.95. The number of pyridine rings is 1. The van der Waals surface area contributed by atoms with Crippen LogP contribution in [-0.2, 0) is 23.6 Å². The molecule has 0 aliphatic carbocycles. The van der Waals surface area contributed by atoms with E-state index >= 15 is 0 Å². The Bertz CT molecular complexity index is 1270. The van der Waals surface area contributed by atoms with Crippen molar-refractivity contribution in [2.24, 2.45) is 0 Å². The zero-order valence-electron chi connectivity index (χ0n) is 18.8. The van der Waals surface area contributed by atoms with Crippen molar-refractivity contribution in [3.63, 3.8) is 0 Å². The third kappa shape index (κ3) is 5.57. The fraction of sp³-hybridized carbons (Fsp3) is 0.172. The number of Topliss-reactive ketones (excluding diaryl/α,β-unsaturated/α-hetero) is 1. The molecule has 5 heteroatoms. The van der Waals surface area contributed by atoms with E-state index in [0.717, 1.165) is 33.4 Å². The standard InChI is InChI=1S/C29H24ClF2NO/c1-2-29(31,32)24-11-5-21(6-12-24)18-26(34)17-20-3-7-23(8-4-20)28-19-33-16-15-27(28)22-9-13-25(30)14-10-22/h3-16,19H,2,17-18H2,1H3. The zero-order valence-corrected chi connectivity index (χ0v) is 19.5. The van der Waals surface area contributed by atoms with Crippen molar-refractivity contribution in [3.8, 4) is 22.3 Å². The fourth-order valence-electron chi connectivity index (χ4n) is 3.90. The van der Waals surface area contributed by atoms with Gasteiger partial charge in [-0.05, 0) is 46.0 Å². The molecule has 0 saturated heterocycles. The van der Waals surface area contributed by atoms with E-state index in [1.54, 1.807) is 18.3 Å². The van der Waals surface area contributed by atoms with Crippen LogP contribution in [0.15, 0.2) is 91.3 Å². The molecule has 2 nitrogen and oxygen atoms in total. The highest BCUT2D eigenvalue weighted by atomic mass is 35.5. The van der Waals surface area contributed by atoms with Gasteiger partial charge in [-0.2, -0.15) is 0 Å². The number of nitrogens with zero attached hydrogens (tertiary/aromatic N) is 1. The van der Waals surface area contributed by atoms with Crippen LogP contribution in [0.3, 0.4) is 0 Å². The number of carbonyl (C=O) groups is 1. The topological polar surface area (TPSA) is 30.0 Å². The average Bonchev–Trinajstić information content (AvgIpc) is 2.85. The van der Waals surface area contributed by atoms with E-state index in [1.807, 2.05) is 60.8 Å². The number of halogens is 3. The minimum Gasteiger partial charge on any atom is -0.299 e. The lowest BCUT2D eigenvalue weighted by Gasteiger charge is -2.14. The summed E-state index contributed by atoms with van der Waals surface area (Å²) in [6, 6.07) is 23.5. The van der Waals surface area contributed by atoms with E-state index in [1.165, 1.54) is 19.1 Å². The molecule has 4 rings (SSSR count). The van der Waals surface area contributed by atoms with Gasteiger partial charge in [-0.1, -0.05) is 79.2 Å². The van der Waals surface area contributed by atoms with Crippen molar-refractivity contribution in [1.82, 2.24) is 4.98 Å². The molecule has 0 fully saturated rings. The van der Waals surface area contributed by atoms with Gasteiger partial charge in [-0.3, -0.25) is 9.78 Å². The molecule has 4 aromatic rings. The second kappa shape index (κ2) is 10.3. The Labute approximate surface area is 203 Å². The van der Waals surface area contributed by atoms with Gasteiger partial charge < -0.3 is 0 Å². The van der Waals surface area contributed by atoms with E-state index in [4.69, 9.17) is 11.6 Å². The number of carbonyl (C=O) groups excluding carboxylic acids is 1. The third-order valence-corrected chi connectivity index (χ3v) is 6.12. The maximum atomic E-state index is 13.8. The van der Waals surface area contributed by atoms with Crippen molar-refractivity contribution in [2.45, 2.75) is 32.1 Å². The number of hydrogen-bond donors (Lipinski definition) is 0. The molecule has 0 amide bonds. The third-order valence-electron chi connectivity index (χ3n) is 5.86. The molecule has 0 N–H and O–H groups in total. The summed E-state index contributed by atoms with van der Waals surface area (Å²) in [5, 5.41) is 0.684. The largest absolute Gasteiger partial charge is 0.299 e. The average molecular weight is 476 g/mol. The van der Waals surface area contributed by atoms with Crippen molar-refractivity contribution in [1.29, 1.82) is 0 Å². The summed E-state index contributed by atoms with van der Waals surface area (Å²) in [7, 11) is 0. The molecule has 172 valence electrons. The smallest absolute Gasteiger partial charge is 0.273 e. The lowest BCUT2D eigenvalue weighted by molar-refractivity contribution is -0.117. The molecular weight excluding hydrogens is 452 g/mol. The SMILES string of the molecule is CCC(F)(F)c1ccc(CC(=O)Cc2ccc(-c3cnccc3-c3ccc(Cl)cc3)cc2)cc1. The first-order valence-corrected chi connectivity index (χ1v) is 11.5. The van der Waals surface area contributed by atoms with Crippen LogP contribution < -0.4 is 0 Å². The van der Waals surface area contributed by atoms with Crippen molar-refractivity contribution < 1.29 is 13.6 Å². The molecule has 0 aliphatic heterocycles. The Hall–Kier alpha value is -3.37. The molecule has 0 aliphatic rings. The van der Waals surface area contributed by atoms with Crippen molar-refractivity contribution in [2.75, 3.05) is 0 Å². The number of aromatic nitrogens is 1. The van der Waals surface area contributed by atoms with Crippen LogP contribution in [-0.4, -0.2) is 10.8 Å². The highest BCUT2D eigenvalue weighted by molar-refractivity contribution is 6.30. The zero-order chi connectivity index (χ0) is 24.1. The minimum absolute atomic E-state index is 0.0184. The molecule has 1 aromatic heterocycles. The summed E-state index contributed by atoms with van der Waals surface area (Å²) in [6.45, 7) is 1.45. The van der Waals surface area contributed by atoms with Gasteiger partial charge in [0.15, 0.2) is 0 Å². The fourth-order valence-corrected chi connectivity index (χ4v) is 4.02. The van der Waals surface area contributed by atoms with Gasteiger partial charge in [0.1, 0.15) is 5.78 Å². The Morgan fingerprint density at radius 3 is 1.91 bits per heavy atom. The van der Waals surface area contributed by atoms with Gasteiger partial charge in [0.25, 0.3) is 5.92 Å². The Morgan fingerprint density at radius 2 is 1.32 bits per heavy atom. The lowest BCUT2D eigenvalue weighted by Crippen LogP contribution is -2.12. The quantitative estimate of drug-likeness (QED) is 0.259. The van der Waals surface area contributed by atoms with Gasteiger partial charge in [0.05, 0.1) is 0 Å². The number of ketones is 1. The van der Waals surface area contributed by atoms with E-state index in [0.29, 0.717) is 5.02 Å². The van der Waals surface area contributed by atoms with Crippen LogP contribution in [0.2, 0.25) is 5.02 Å². The monoisotopic (exact) mass is 475 g/mol. The second-order valence-corrected chi connectivity index (χ2v) is 8.71. The molecule has 0 radical (unpaired) electrons. The van der Waals surface area contributed by atoms with E-state index in [-0.39, 0.29) is 30.6 Å². The number of hydrogen-bond acceptors (Lipinski definition) is 2. The summed E-state index contributed by atoms with van der Waals surface area (Å²) >= 11 is 6.03. The highest BCUT2D eigenvalue weighted by Crippen LogP contribution is 2.33. The van der Waals surface area contributed by atoms with E-state index in [9.17, 15) is 13.6 Å². The van der Waals surface area contributed by atoms with Crippen LogP contribution in [0.4, 0.5) is 8.78 Å². The molecule has 0 unspecified atom stereocenters. The summed E-state index contributed by atoms with van der Waals surface area (Å²) in [6.07, 6.45) is 3.83. The van der Waals surface area contributed by atoms with Crippen LogP contribution in [0.25, 0.3) is 22.3 Å². The first-order valence-electron chi connectivity index (χ1n) is 11.1. The molecule has 0 bridgehead atoms. The number of rotatable bonds is 8. The maximum absolute atomic E-state index is 13.8. The summed E-state index contributed by atoms with van der Waals surface area (Å²) in [5.74, 6) is -2.81. The number of alkyl halides is 2. The first kappa shape index (κ1) is 23.8. The summed E-state index contributed by atoms with van der Waals surface area (Å²) in [5.41, 5.74) is 5.71. The molecule has 0 spiro atoms. The van der Waals surface area contributed by atoms with E-state index in [2.05, 4.69) is 4.98 Å². The first-order chi connectivity index (χ1) is 16.4. The molecular formula is C29H24ClF2NO. The van der Waals surface area contributed by atoms with Crippen molar-refractivity contribution >= 4 is 17.4 Å². The van der Waals surface area contributed by atoms with Gasteiger partial charge >= 0.3 is 0 Å². The molecule has 0 atom stereocenters. The number of benzene rings is 3. The predicted molar refractivity (Wildman–Crippen MR) is 133 cm³/mol. The van der Waals surface area contributed by atoms with Gasteiger partial charge in [0, 0.05) is 47.8 Å². The Morgan fingerprint density at radius 1 is 0.794 bits per heavy atom. The molecule has 0 saturated carbocycles. The van der Waals surface area contributed by atoms with Crippen LogP contribution in [0.5, 0.6) is 0 Å². The summed E-state index contributed by atoms with van der Waals surface area (Å²) < 4.78 is 27.6. The van der Waals surface area contributed by atoms with Crippen LogP contribution in [0, 0.1) is 0 Å².